The molecule has 0 aliphatic carbocycles. The molecule has 0 aromatic rings. The maximum Gasteiger partial charge on any atom is 0.344 e. The highest BCUT2D eigenvalue weighted by atomic mass is 16.6. The van der Waals surface area contributed by atoms with Gasteiger partial charge >= 0.3 is 17.9 Å². The maximum atomic E-state index is 12.6. The van der Waals surface area contributed by atoms with Gasteiger partial charge in [0.1, 0.15) is 5.92 Å². The van der Waals surface area contributed by atoms with E-state index in [1.54, 1.807) is 20.8 Å². The first-order chi connectivity index (χ1) is 11.9. The van der Waals surface area contributed by atoms with Gasteiger partial charge in [-0.1, -0.05) is 19.8 Å². The van der Waals surface area contributed by atoms with Crippen LogP contribution >= 0.6 is 0 Å². The fraction of sp³-hybridized carbons (Fsp3) is 0.765. The van der Waals surface area contributed by atoms with Gasteiger partial charge in [0.2, 0.25) is 11.4 Å². The molecule has 1 amide bonds. The predicted molar refractivity (Wildman–Crippen MR) is 87.3 cm³/mol. The first-order valence-electron chi connectivity index (χ1n) is 8.73. The first kappa shape index (κ1) is 20.9. The van der Waals surface area contributed by atoms with E-state index in [4.69, 9.17) is 14.2 Å². The Kier molecular flexibility index (Phi) is 7.86. The van der Waals surface area contributed by atoms with E-state index in [1.165, 1.54) is 0 Å². The van der Waals surface area contributed by atoms with E-state index >= 15 is 0 Å². The highest BCUT2D eigenvalue weighted by Gasteiger charge is 2.66. The van der Waals surface area contributed by atoms with E-state index in [2.05, 4.69) is 5.32 Å². The molecule has 1 aliphatic rings. The zero-order valence-corrected chi connectivity index (χ0v) is 15.3. The number of unbranched alkanes of at least 4 members (excludes halogenated alkanes) is 1. The van der Waals surface area contributed by atoms with Crippen molar-refractivity contribution >= 4 is 23.8 Å². The lowest BCUT2D eigenvalue weighted by molar-refractivity contribution is -0.169. The zero-order chi connectivity index (χ0) is 19.0. The number of hydrogen-bond acceptors (Lipinski definition) is 7. The van der Waals surface area contributed by atoms with Crippen molar-refractivity contribution in [1.82, 2.24) is 5.32 Å². The molecule has 1 aliphatic heterocycles. The van der Waals surface area contributed by atoms with Crippen LogP contribution in [0.25, 0.3) is 0 Å². The van der Waals surface area contributed by atoms with Crippen molar-refractivity contribution in [1.29, 1.82) is 0 Å². The van der Waals surface area contributed by atoms with Crippen LogP contribution in [0.5, 0.6) is 0 Å². The summed E-state index contributed by atoms with van der Waals surface area (Å²) in [6.45, 7) is 6.89. The summed E-state index contributed by atoms with van der Waals surface area (Å²) >= 11 is 0. The Bertz CT molecular complexity index is 499. The molecule has 1 fully saturated rings. The summed E-state index contributed by atoms with van der Waals surface area (Å²) < 4.78 is 15.0. The van der Waals surface area contributed by atoms with Crippen molar-refractivity contribution in [2.75, 3.05) is 19.8 Å². The van der Waals surface area contributed by atoms with Crippen LogP contribution < -0.4 is 5.32 Å². The minimum atomic E-state index is -2.02. The number of esters is 3. The van der Waals surface area contributed by atoms with E-state index in [0.29, 0.717) is 12.8 Å². The largest absolute Gasteiger partial charge is 0.465 e. The average molecular weight is 357 g/mol. The fourth-order valence-electron chi connectivity index (χ4n) is 3.09. The maximum absolute atomic E-state index is 12.6. The van der Waals surface area contributed by atoms with Gasteiger partial charge in [-0.25, -0.2) is 9.59 Å². The molecule has 142 valence electrons. The molecule has 0 radical (unpaired) electrons. The number of ether oxygens (including phenoxy) is 3. The summed E-state index contributed by atoms with van der Waals surface area (Å²) in [6, 6.07) is 0. The third-order valence-electron chi connectivity index (χ3n) is 4.17. The van der Waals surface area contributed by atoms with Crippen molar-refractivity contribution in [3.8, 4) is 0 Å². The Labute approximate surface area is 147 Å². The van der Waals surface area contributed by atoms with Crippen LogP contribution in [0.4, 0.5) is 0 Å². The summed E-state index contributed by atoms with van der Waals surface area (Å²) in [7, 11) is 0. The van der Waals surface area contributed by atoms with Gasteiger partial charge in [0.15, 0.2) is 0 Å². The van der Waals surface area contributed by atoms with Crippen LogP contribution in [-0.4, -0.2) is 49.2 Å². The normalized spacial score (nSPS) is 21.4. The van der Waals surface area contributed by atoms with Crippen molar-refractivity contribution in [2.24, 2.45) is 11.8 Å². The van der Waals surface area contributed by atoms with Crippen LogP contribution in [0, 0.1) is 11.8 Å². The highest BCUT2D eigenvalue weighted by molar-refractivity contribution is 6.14. The predicted octanol–water partition coefficient (Wildman–Crippen LogP) is 0.967. The molecule has 8 heteroatoms. The molecule has 2 atom stereocenters. The molecule has 0 aromatic heterocycles. The van der Waals surface area contributed by atoms with Crippen molar-refractivity contribution < 1.29 is 33.4 Å². The minimum Gasteiger partial charge on any atom is -0.465 e. The van der Waals surface area contributed by atoms with Crippen LogP contribution in [0.2, 0.25) is 0 Å². The molecule has 0 bridgehead atoms. The zero-order valence-electron chi connectivity index (χ0n) is 15.3. The summed E-state index contributed by atoms with van der Waals surface area (Å²) in [6.07, 6.45) is 1.69. The van der Waals surface area contributed by atoms with Crippen LogP contribution in [-0.2, 0) is 33.4 Å². The van der Waals surface area contributed by atoms with Gasteiger partial charge in [0.05, 0.1) is 19.8 Å². The van der Waals surface area contributed by atoms with Gasteiger partial charge in [-0.05, 0) is 27.2 Å². The van der Waals surface area contributed by atoms with Crippen LogP contribution in [0.1, 0.15) is 47.0 Å². The number of rotatable bonds is 9. The number of carbonyl (C=O) groups is 4. The fourth-order valence-corrected chi connectivity index (χ4v) is 3.09. The number of nitrogens with one attached hydrogen (secondary N) is 1. The number of hydrogen-bond donors (Lipinski definition) is 1. The third-order valence-corrected chi connectivity index (χ3v) is 4.17. The van der Waals surface area contributed by atoms with Crippen molar-refractivity contribution in [3.63, 3.8) is 0 Å². The van der Waals surface area contributed by atoms with Gasteiger partial charge in [0.25, 0.3) is 0 Å². The Morgan fingerprint density at radius 3 is 1.92 bits per heavy atom. The van der Waals surface area contributed by atoms with E-state index in [1.807, 2.05) is 6.92 Å². The summed E-state index contributed by atoms with van der Waals surface area (Å²) in [4.78, 5) is 50.0. The van der Waals surface area contributed by atoms with E-state index in [9.17, 15) is 19.2 Å². The lowest BCUT2D eigenvalue weighted by Gasteiger charge is -2.31. The molecule has 2 unspecified atom stereocenters. The van der Waals surface area contributed by atoms with Gasteiger partial charge < -0.3 is 19.5 Å². The van der Waals surface area contributed by atoms with Gasteiger partial charge in [-0.15, -0.1) is 0 Å². The van der Waals surface area contributed by atoms with E-state index < -0.39 is 41.2 Å². The molecule has 25 heavy (non-hydrogen) atoms. The second-order valence-electron chi connectivity index (χ2n) is 5.72. The van der Waals surface area contributed by atoms with E-state index in [-0.39, 0.29) is 19.8 Å². The summed E-state index contributed by atoms with van der Waals surface area (Å²) in [5.74, 6) is -5.46. The summed E-state index contributed by atoms with van der Waals surface area (Å²) in [5.41, 5.74) is -2.02. The van der Waals surface area contributed by atoms with E-state index in [0.717, 1.165) is 6.42 Å². The Morgan fingerprint density at radius 1 is 0.960 bits per heavy atom. The lowest BCUT2D eigenvalue weighted by Crippen LogP contribution is -2.61. The Balaban J connectivity index is 3.38. The summed E-state index contributed by atoms with van der Waals surface area (Å²) in [5, 5.41) is 2.40. The second-order valence-corrected chi connectivity index (χ2v) is 5.72. The van der Waals surface area contributed by atoms with Crippen molar-refractivity contribution in [2.45, 2.75) is 52.5 Å². The van der Waals surface area contributed by atoms with Crippen molar-refractivity contribution in [3.05, 3.63) is 0 Å². The molecule has 1 heterocycles. The molecule has 0 aromatic carbocycles. The molecular weight excluding hydrogens is 330 g/mol. The Morgan fingerprint density at radius 2 is 1.48 bits per heavy atom. The average Bonchev–Trinajstić information content (AvgIpc) is 2.87. The standard InChI is InChI=1S/C17H27NO7/c1-5-9-10-11-12(14(20)23-6-2)13(19)18-17(11,15(21)24-7-3)16(22)25-8-4/h11-12H,5-10H2,1-4H3,(H,18,19). The van der Waals surface area contributed by atoms with Crippen LogP contribution in [0.3, 0.4) is 0 Å². The third kappa shape index (κ3) is 4.11. The van der Waals surface area contributed by atoms with Crippen LogP contribution in [0.15, 0.2) is 0 Å². The number of amides is 1. The topological polar surface area (TPSA) is 108 Å². The minimum absolute atomic E-state index is 0.0282. The van der Waals surface area contributed by atoms with Gasteiger partial charge in [0, 0.05) is 5.92 Å². The second kappa shape index (κ2) is 9.39. The molecule has 0 saturated carbocycles. The highest BCUT2D eigenvalue weighted by Crippen LogP contribution is 2.39. The quantitative estimate of drug-likeness (QED) is 0.372. The molecule has 1 N–H and O–H groups in total. The Hall–Kier alpha value is -2.12. The monoisotopic (exact) mass is 357 g/mol. The molecule has 1 saturated heterocycles. The molecule has 8 nitrogen and oxygen atoms in total. The lowest BCUT2D eigenvalue weighted by atomic mass is 9.76. The smallest absolute Gasteiger partial charge is 0.344 e. The van der Waals surface area contributed by atoms with Gasteiger partial charge in [-0.2, -0.15) is 0 Å². The SMILES string of the molecule is CCCCC1C(C(=O)OCC)C(=O)NC1(C(=O)OCC)C(=O)OCC. The van der Waals surface area contributed by atoms with Gasteiger partial charge in [-0.3, -0.25) is 9.59 Å². The number of carbonyl (C=O) groups excluding carboxylic acids is 4. The first-order valence-corrected chi connectivity index (χ1v) is 8.73. The molecule has 0 spiro atoms. The molecular formula is C17H27NO7. The molecule has 1 rings (SSSR count).